The minimum atomic E-state index is 0.252. The summed E-state index contributed by atoms with van der Waals surface area (Å²) in [6, 6.07) is 10.5. The van der Waals surface area contributed by atoms with Crippen LogP contribution in [0.25, 0.3) is 22.3 Å². The zero-order valence-corrected chi connectivity index (χ0v) is 15.7. The molecule has 0 spiro atoms. The van der Waals surface area contributed by atoms with Crippen LogP contribution in [-0.4, -0.2) is 29.9 Å². The molecular formula is C20H19ClN6. The van der Waals surface area contributed by atoms with Crippen LogP contribution in [0, 0.1) is 5.92 Å². The van der Waals surface area contributed by atoms with E-state index in [1.807, 2.05) is 17.7 Å². The molecule has 4 aromatic rings. The molecule has 0 radical (unpaired) electrons. The van der Waals surface area contributed by atoms with Crippen molar-refractivity contribution in [3.05, 3.63) is 59.3 Å². The summed E-state index contributed by atoms with van der Waals surface area (Å²) in [5.74, 6) is 1.89. The molecule has 136 valence electrons. The molecule has 0 unspecified atom stereocenters. The van der Waals surface area contributed by atoms with E-state index in [4.69, 9.17) is 11.6 Å². The van der Waals surface area contributed by atoms with E-state index in [0.29, 0.717) is 16.6 Å². The van der Waals surface area contributed by atoms with Crippen molar-refractivity contribution in [1.29, 1.82) is 0 Å². The second-order valence-corrected chi connectivity index (χ2v) is 7.65. The number of H-pyrrole nitrogens is 1. The van der Waals surface area contributed by atoms with Gasteiger partial charge in [-0.15, -0.1) is 10.2 Å². The fourth-order valence-electron chi connectivity index (χ4n) is 3.96. The lowest BCUT2D eigenvalue weighted by Gasteiger charge is -2.33. The SMILES string of the molecule is Cn1cnnc1[C@@H](c1cccc(-c2[nH]nc3ncc(Cl)cc23)c1)C1CCC1. The smallest absolute Gasteiger partial charge is 0.181 e. The summed E-state index contributed by atoms with van der Waals surface area (Å²) >= 11 is 6.15. The first-order chi connectivity index (χ1) is 13.2. The summed E-state index contributed by atoms with van der Waals surface area (Å²) in [6.45, 7) is 0. The number of nitrogens with one attached hydrogen (secondary N) is 1. The molecule has 1 fully saturated rings. The van der Waals surface area contributed by atoms with Crippen molar-refractivity contribution >= 4 is 22.6 Å². The first-order valence-corrected chi connectivity index (χ1v) is 9.52. The van der Waals surface area contributed by atoms with Crippen LogP contribution in [0.15, 0.2) is 42.9 Å². The number of aromatic nitrogens is 6. The fraction of sp³-hybridized carbons (Fsp3) is 0.300. The van der Waals surface area contributed by atoms with Crippen molar-refractivity contribution in [3.63, 3.8) is 0 Å². The lowest BCUT2D eigenvalue weighted by atomic mass is 9.72. The van der Waals surface area contributed by atoms with Crippen LogP contribution in [-0.2, 0) is 7.05 Å². The van der Waals surface area contributed by atoms with Crippen LogP contribution in [0.2, 0.25) is 5.02 Å². The number of hydrogen-bond donors (Lipinski definition) is 1. The molecule has 0 aliphatic heterocycles. The highest BCUT2D eigenvalue weighted by Crippen LogP contribution is 2.43. The third-order valence-corrected chi connectivity index (χ3v) is 5.76. The number of aromatic amines is 1. The maximum absolute atomic E-state index is 6.15. The molecule has 1 aromatic carbocycles. The van der Waals surface area contributed by atoms with E-state index in [1.165, 1.54) is 24.8 Å². The third-order valence-electron chi connectivity index (χ3n) is 5.56. The van der Waals surface area contributed by atoms with Crippen LogP contribution in [0.1, 0.15) is 36.6 Å². The van der Waals surface area contributed by atoms with Gasteiger partial charge < -0.3 is 4.57 Å². The van der Waals surface area contributed by atoms with Crippen molar-refractivity contribution < 1.29 is 0 Å². The number of benzene rings is 1. The first kappa shape index (κ1) is 16.4. The molecule has 1 aliphatic carbocycles. The van der Waals surface area contributed by atoms with Crippen molar-refractivity contribution in [2.75, 3.05) is 0 Å². The molecule has 5 rings (SSSR count). The average molecular weight is 379 g/mol. The second kappa shape index (κ2) is 6.46. The molecule has 6 nitrogen and oxygen atoms in total. The molecule has 3 heterocycles. The number of rotatable bonds is 4. The van der Waals surface area contributed by atoms with E-state index in [1.54, 1.807) is 12.5 Å². The van der Waals surface area contributed by atoms with Crippen LogP contribution in [0.5, 0.6) is 0 Å². The maximum Gasteiger partial charge on any atom is 0.181 e. The normalized spacial score (nSPS) is 15.8. The van der Waals surface area contributed by atoms with E-state index in [2.05, 4.69) is 49.6 Å². The number of halogens is 1. The van der Waals surface area contributed by atoms with Crippen molar-refractivity contribution in [1.82, 2.24) is 29.9 Å². The number of fused-ring (bicyclic) bond motifs is 1. The van der Waals surface area contributed by atoms with Gasteiger partial charge in [-0.3, -0.25) is 5.10 Å². The molecule has 27 heavy (non-hydrogen) atoms. The van der Waals surface area contributed by atoms with Gasteiger partial charge >= 0.3 is 0 Å². The van der Waals surface area contributed by atoms with Gasteiger partial charge in [-0.05, 0) is 36.5 Å². The minimum Gasteiger partial charge on any atom is -0.320 e. The van der Waals surface area contributed by atoms with Gasteiger partial charge in [0, 0.05) is 30.1 Å². The second-order valence-electron chi connectivity index (χ2n) is 7.22. The van der Waals surface area contributed by atoms with E-state index in [-0.39, 0.29) is 5.92 Å². The van der Waals surface area contributed by atoms with Crippen molar-refractivity contribution in [2.24, 2.45) is 13.0 Å². The minimum absolute atomic E-state index is 0.252. The van der Waals surface area contributed by atoms with Gasteiger partial charge in [0.1, 0.15) is 12.2 Å². The van der Waals surface area contributed by atoms with Crippen molar-refractivity contribution in [3.8, 4) is 11.3 Å². The number of pyridine rings is 1. The third kappa shape index (κ3) is 2.80. The van der Waals surface area contributed by atoms with Crippen LogP contribution in [0.4, 0.5) is 0 Å². The fourth-order valence-corrected chi connectivity index (χ4v) is 4.12. The van der Waals surface area contributed by atoms with Gasteiger partial charge in [0.15, 0.2) is 5.65 Å². The van der Waals surface area contributed by atoms with Crippen LogP contribution >= 0.6 is 11.6 Å². The number of nitrogens with zero attached hydrogens (tertiary/aromatic N) is 5. The largest absolute Gasteiger partial charge is 0.320 e. The lowest BCUT2D eigenvalue weighted by Crippen LogP contribution is -2.23. The summed E-state index contributed by atoms with van der Waals surface area (Å²) in [4.78, 5) is 4.29. The topological polar surface area (TPSA) is 72.3 Å². The predicted molar refractivity (Wildman–Crippen MR) is 105 cm³/mol. The van der Waals surface area contributed by atoms with Gasteiger partial charge in [0.25, 0.3) is 0 Å². The maximum atomic E-state index is 6.15. The summed E-state index contributed by atoms with van der Waals surface area (Å²) in [5.41, 5.74) is 3.94. The summed E-state index contributed by atoms with van der Waals surface area (Å²) in [5, 5.41) is 17.5. The quantitative estimate of drug-likeness (QED) is 0.573. The van der Waals surface area contributed by atoms with Gasteiger partial charge in [-0.25, -0.2) is 4.98 Å². The molecule has 1 atom stereocenters. The molecule has 1 aliphatic rings. The molecule has 1 N–H and O–H groups in total. The number of aryl methyl sites for hydroxylation is 1. The lowest BCUT2D eigenvalue weighted by molar-refractivity contribution is 0.274. The Morgan fingerprint density at radius 2 is 2.15 bits per heavy atom. The summed E-state index contributed by atoms with van der Waals surface area (Å²) < 4.78 is 2.03. The Bertz CT molecular complexity index is 1110. The monoisotopic (exact) mass is 378 g/mol. The Balaban J connectivity index is 1.62. The van der Waals surface area contributed by atoms with E-state index in [9.17, 15) is 0 Å². The zero-order valence-electron chi connectivity index (χ0n) is 14.9. The zero-order chi connectivity index (χ0) is 18.4. The predicted octanol–water partition coefficient (Wildman–Crippen LogP) is 4.34. The Morgan fingerprint density at radius 1 is 1.26 bits per heavy atom. The standard InChI is InChI=1S/C20H19ClN6/c1-27-11-23-26-20(27)17(12-4-2-5-12)13-6-3-7-14(8-13)18-16-9-15(21)10-22-19(16)25-24-18/h3,6-12,17H,2,4-5H2,1H3,(H,22,24,25)/t17-/m1/s1. The van der Waals surface area contributed by atoms with E-state index in [0.717, 1.165) is 22.5 Å². The Kier molecular flexibility index (Phi) is 3.93. The highest BCUT2D eigenvalue weighted by atomic mass is 35.5. The Morgan fingerprint density at radius 3 is 2.89 bits per heavy atom. The van der Waals surface area contributed by atoms with E-state index >= 15 is 0 Å². The highest BCUT2D eigenvalue weighted by molar-refractivity contribution is 6.31. The summed E-state index contributed by atoms with van der Waals surface area (Å²) in [6.07, 6.45) is 7.14. The van der Waals surface area contributed by atoms with Gasteiger partial charge in [0.05, 0.1) is 10.7 Å². The molecule has 0 amide bonds. The summed E-state index contributed by atoms with van der Waals surface area (Å²) in [7, 11) is 2.01. The van der Waals surface area contributed by atoms with Gasteiger partial charge in [-0.2, -0.15) is 5.10 Å². The highest BCUT2D eigenvalue weighted by Gasteiger charge is 2.33. The van der Waals surface area contributed by atoms with Crippen molar-refractivity contribution in [2.45, 2.75) is 25.2 Å². The molecular weight excluding hydrogens is 360 g/mol. The molecule has 7 heteroatoms. The van der Waals surface area contributed by atoms with Gasteiger partial charge in [-0.1, -0.05) is 36.2 Å². The molecule has 0 bridgehead atoms. The van der Waals surface area contributed by atoms with Crippen LogP contribution in [0.3, 0.4) is 0 Å². The van der Waals surface area contributed by atoms with Gasteiger partial charge in [0.2, 0.25) is 0 Å². The molecule has 1 saturated carbocycles. The first-order valence-electron chi connectivity index (χ1n) is 9.14. The Hall–Kier alpha value is -2.73. The molecule has 3 aromatic heterocycles. The average Bonchev–Trinajstić information content (AvgIpc) is 3.24. The van der Waals surface area contributed by atoms with Crippen LogP contribution < -0.4 is 0 Å². The molecule has 0 saturated heterocycles. The number of hydrogen-bond acceptors (Lipinski definition) is 4. The van der Waals surface area contributed by atoms with E-state index < -0.39 is 0 Å². The Labute approximate surface area is 161 Å².